The first-order valence-corrected chi connectivity index (χ1v) is 5.45. The Morgan fingerprint density at radius 1 is 1.31 bits per heavy atom. The summed E-state index contributed by atoms with van der Waals surface area (Å²) >= 11 is 0. The van der Waals surface area contributed by atoms with Crippen molar-refractivity contribution in [2.75, 3.05) is 13.2 Å². The van der Waals surface area contributed by atoms with E-state index in [1.54, 1.807) is 0 Å². The van der Waals surface area contributed by atoms with Crippen LogP contribution in [0.2, 0.25) is 0 Å². The third-order valence-electron chi connectivity index (χ3n) is 3.48. The highest BCUT2D eigenvalue weighted by molar-refractivity contribution is 5.85. The van der Waals surface area contributed by atoms with Crippen LogP contribution in [0.15, 0.2) is 0 Å². The molecule has 0 aromatic carbocycles. The summed E-state index contributed by atoms with van der Waals surface area (Å²) in [6.07, 6.45) is 5.24. The Bertz CT molecular complexity index is 188. The highest BCUT2D eigenvalue weighted by Gasteiger charge is 2.54. The molecule has 2 rings (SSSR count). The minimum atomic E-state index is 0.355. The van der Waals surface area contributed by atoms with E-state index < -0.39 is 0 Å². The van der Waals surface area contributed by atoms with Crippen molar-refractivity contribution in [1.82, 2.24) is 0 Å². The number of carbonyl (C=O) groups excluding carboxylic acids is 1. The first-order chi connectivity index (χ1) is 6.34. The fraction of sp³-hybridized carbons (Fsp3) is 0.909. The molecule has 2 saturated carbocycles. The molecule has 13 heavy (non-hydrogen) atoms. The molecule has 0 heterocycles. The van der Waals surface area contributed by atoms with Crippen molar-refractivity contribution in [3.05, 3.63) is 0 Å². The van der Waals surface area contributed by atoms with Crippen LogP contribution >= 0.6 is 0 Å². The number of hydrogen-bond donors (Lipinski definition) is 0. The fourth-order valence-electron chi connectivity index (χ4n) is 2.77. The lowest BCUT2D eigenvalue weighted by atomic mass is 10.0. The second kappa shape index (κ2) is 3.79. The summed E-state index contributed by atoms with van der Waals surface area (Å²) in [4.78, 5) is 11.6. The van der Waals surface area contributed by atoms with Crippen molar-refractivity contribution in [2.45, 2.75) is 32.6 Å². The molecular formula is C11H18O2. The minimum absolute atomic E-state index is 0.355. The highest BCUT2D eigenvalue weighted by Crippen LogP contribution is 2.55. The fourth-order valence-corrected chi connectivity index (χ4v) is 2.77. The van der Waals surface area contributed by atoms with Crippen LogP contribution in [-0.4, -0.2) is 19.0 Å². The van der Waals surface area contributed by atoms with Crippen LogP contribution in [0.3, 0.4) is 0 Å². The van der Waals surface area contributed by atoms with E-state index in [1.807, 2.05) is 6.92 Å². The normalized spacial score (nSPS) is 36.8. The summed E-state index contributed by atoms with van der Waals surface area (Å²) in [5.74, 6) is 2.22. The summed E-state index contributed by atoms with van der Waals surface area (Å²) in [5, 5.41) is 0. The van der Waals surface area contributed by atoms with E-state index in [2.05, 4.69) is 0 Å². The van der Waals surface area contributed by atoms with E-state index in [-0.39, 0.29) is 0 Å². The van der Waals surface area contributed by atoms with Crippen LogP contribution < -0.4 is 0 Å². The van der Waals surface area contributed by atoms with Crippen molar-refractivity contribution in [3.63, 3.8) is 0 Å². The van der Waals surface area contributed by atoms with Gasteiger partial charge >= 0.3 is 0 Å². The summed E-state index contributed by atoms with van der Waals surface area (Å²) < 4.78 is 5.15. The maximum Gasteiger partial charge on any atom is 0.162 e. The Labute approximate surface area is 79.7 Å². The van der Waals surface area contributed by atoms with Crippen LogP contribution in [-0.2, 0) is 9.53 Å². The maximum atomic E-state index is 11.6. The molecule has 0 N–H and O–H groups in total. The van der Waals surface area contributed by atoms with Gasteiger partial charge in [-0.15, -0.1) is 0 Å². The van der Waals surface area contributed by atoms with Crippen molar-refractivity contribution in [2.24, 2.45) is 17.8 Å². The molecule has 2 heteroatoms. The molecule has 0 aromatic rings. The predicted octanol–water partition coefficient (Wildman–Crippen LogP) is 2.03. The molecule has 0 amide bonds. The summed E-state index contributed by atoms with van der Waals surface area (Å²) in [6.45, 7) is 2.95. The number of carbonyl (C=O) groups is 1. The first kappa shape index (κ1) is 9.20. The molecule has 0 radical (unpaired) electrons. The Morgan fingerprint density at radius 3 is 2.46 bits per heavy atom. The Morgan fingerprint density at radius 2 is 1.92 bits per heavy atom. The molecule has 0 aliphatic heterocycles. The van der Waals surface area contributed by atoms with Gasteiger partial charge in [0.25, 0.3) is 0 Å². The van der Waals surface area contributed by atoms with Gasteiger partial charge in [0.15, 0.2) is 5.78 Å². The molecule has 2 unspecified atom stereocenters. The monoisotopic (exact) mass is 182 g/mol. The zero-order valence-corrected chi connectivity index (χ0v) is 8.29. The third-order valence-corrected chi connectivity index (χ3v) is 3.48. The summed E-state index contributed by atoms with van der Waals surface area (Å²) in [5.41, 5.74) is 0. The molecular weight excluding hydrogens is 164 g/mol. The lowest BCUT2D eigenvalue weighted by molar-refractivity contribution is -0.125. The quantitative estimate of drug-likeness (QED) is 0.665. The Balaban J connectivity index is 1.79. The SMILES string of the molecule is CCOCC(=O)C1C2CCCCC21. The smallest absolute Gasteiger partial charge is 0.162 e. The minimum Gasteiger partial charge on any atom is -0.374 e. The van der Waals surface area contributed by atoms with Gasteiger partial charge in [-0.05, 0) is 31.6 Å². The first-order valence-electron chi connectivity index (χ1n) is 5.45. The van der Waals surface area contributed by atoms with Gasteiger partial charge in [-0.2, -0.15) is 0 Å². The van der Waals surface area contributed by atoms with Crippen molar-refractivity contribution < 1.29 is 9.53 Å². The van der Waals surface area contributed by atoms with E-state index in [0.717, 1.165) is 11.8 Å². The molecule has 2 atom stereocenters. The van der Waals surface area contributed by atoms with Crippen molar-refractivity contribution in [1.29, 1.82) is 0 Å². The lowest BCUT2D eigenvalue weighted by Crippen LogP contribution is -2.12. The molecule has 0 aromatic heterocycles. The zero-order valence-electron chi connectivity index (χ0n) is 8.29. The van der Waals surface area contributed by atoms with Gasteiger partial charge in [0, 0.05) is 12.5 Å². The molecule has 2 fully saturated rings. The number of hydrogen-bond acceptors (Lipinski definition) is 2. The van der Waals surface area contributed by atoms with Gasteiger partial charge in [0.05, 0.1) is 0 Å². The van der Waals surface area contributed by atoms with Crippen LogP contribution in [0.1, 0.15) is 32.6 Å². The Kier molecular flexibility index (Phi) is 2.68. The van der Waals surface area contributed by atoms with Gasteiger partial charge in [-0.3, -0.25) is 4.79 Å². The van der Waals surface area contributed by atoms with E-state index in [4.69, 9.17) is 4.74 Å². The van der Waals surface area contributed by atoms with Crippen molar-refractivity contribution >= 4 is 5.78 Å². The summed E-state index contributed by atoms with van der Waals surface area (Å²) in [6, 6.07) is 0. The van der Waals surface area contributed by atoms with Crippen LogP contribution in [0.5, 0.6) is 0 Å². The number of fused-ring (bicyclic) bond motifs is 1. The van der Waals surface area contributed by atoms with Gasteiger partial charge in [-0.1, -0.05) is 12.8 Å². The van der Waals surface area contributed by atoms with E-state index >= 15 is 0 Å². The second-order valence-electron chi connectivity index (χ2n) is 4.24. The number of rotatable bonds is 4. The standard InChI is InChI=1S/C11H18O2/c1-2-13-7-10(12)11-8-5-3-4-6-9(8)11/h8-9,11H,2-7H2,1H3. The lowest BCUT2D eigenvalue weighted by Gasteiger charge is -2.04. The highest BCUT2D eigenvalue weighted by atomic mass is 16.5. The summed E-state index contributed by atoms with van der Waals surface area (Å²) in [7, 11) is 0. The molecule has 2 aliphatic rings. The van der Waals surface area contributed by atoms with E-state index in [1.165, 1.54) is 25.7 Å². The Hall–Kier alpha value is -0.370. The number of Topliss-reactive ketones (excluding diaryl/α,β-unsaturated/α-hetero) is 1. The molecule has 0 spiro atoms. The molecule has 0 bridgehead atoms. The molecule has 2 aliphatic carbocycles. The van der Waals surface area contributed by atoms with Gasteiger partial charge in [0.1, 0.15) is 6.61 Å². The van der Waals surface area contributed by atoms with Gasteiger partial charge in [-0.25, -0.2) is 0 Å². The van der Waals surface area contributed by atoms with Crippen LogP contribution in [0.4, 0.5) is 0 Å². The van der Waals surface area contributed by atoms with E-state index in [0.29, 0.717) is 24.9 Å². The second-order valence-corrected chi connectivity index (χ2v) is 4.24. The van der Waals surface area contributed by atoms with Gasteiger partial charge in [0.2, 0.25) is 0 Å². The van der Waals surface area contributed by atoms with Crippen LogP contribution in [0, 0.1) is 17.8 Å². The average Bonchev–Trinajstić information content (AvgIpc) is 2.88. The average molecular weight is 182 g/mol. The third kappa shape index (κ3) is 1.78. The molecule has 74 valence electrons. The van der Waals surface area contributed by atoms with E-state index in [9.17, 15) is 4.79 Å². The van der Waals surface area contributed by atoms with Crippen LogP contribution in [0.25, 0.3) is 0 Å². The number of ether oxygens (including phenoxy) is 1. The maximum absolute atomic E-state index is 11.6. The molecule has 2 nitrogen and oxygen atoms in total. The largest absolute Gasteiger partial charge is 0.374 e. The van der Waals surface area contributed by atoms with Crippen molar-refractivity contribution in [3.8, 4) is 0 Å². The molecule has 0 saturated heterocycles. The predicted molar refractivity (Wildman–Crippen MR) is 50.4 cm³/mol. The van der Waals surface area contributed by atoms with Gasteiger partial charge < -0.3 is 4.74 Å². The number of ketones is 1. The zero-order chi connectivity index (χ0) is 9.26. The topological polar surface area (TPSA) is 26.3 Å².